The minimum absolute atomic E-state index is 0.383. The first-order valence-electron chi connectivity index (χ1n) is 5.76. The fourth-order valence-corrected chi connectivity index (χ4v) is 2.83. The van der Waals surface area contributed by atoms with Gasteiger partial charge in [-0.05, 0) is 34.5 Å². The Morgan fingerprint density at radius 3 is 2.94 bits per heavy atom. The van der Waals surface area contributed by atoms with E-state index in [0.717, 1.165) is 34.4 Å². The van der Waals surface area contributed by atoms with Gasteiger partial charge in [-0.2, -0.15) is 0 Å². The van der Waals surface area contributed by atoms with Gasteiger partial charge in [0, 0.05) is 28.9 Å². The molecule has 0 saturated heterocycles. The molecule has 3 nitrogen and oxygen atoms in total. The van der Waals surface area contributed by atoms with Crippen molar-refractivity contribution in [3.8, 4) is 5.69 Å². The smallest absolute Gasteiger partial charge is 0.113 e. The van der Waals surface area contributed by atoms with Crippen LogP contribution in [-0.2, 0) is 6.42 Å². The molecule has 0 saturated carbocycles. The number of imidazole rings is 1. The number of halogens is 1. The number of nitrogens with zero attached hydrogens (tertiary/aromatic N) is 2. The quantitative estimate of drug-likeness (QED) is 0.878. The highest BCUT2D eigenvalue weighted by molar-refractivity contribution is 9.10. The van der Waals surface area contributed by atoms with E-state index in [1.807, 2.05) is 29.0 Å². The SMILES string of the molecule is CCCc1nccn1-c1cccc(Br)c1C(N)=S. The van der Waals surface area contributed by atoms with Gasteiger partial charge in [-0.3, -0.25) is 0 Å². The molecule has 2 N–H and O–H groups in total. The zero-order chi connectivity index (χ0) is 13.1. The van der Waals surface area contributed by atoms with E-state index in [-0.39, 0.29) is 0 Å². The van der Waals surface area contributed by atoms with Crippen molar-refractivity contribution < 1.29 is 0 Å². The summed E-state index contributed by atoms with van der Waals surface area (Å²) in [5, 5.41) is 0. The van der Waals surface area contributed by atoms with E-state index in [2.05, 4.69) is 27.8 Å². The third kappa shape index (κ3) is 2.47. The molecule has 0 aliphatic carbocycles. The Bertz CT molecular complexity index is 577. The lowest BCUT2D eigenvalue weighted by Crippen LogP contribution is -2.15. The molecule has 0 unspecified atom stereocenters. The Balaban J connectivity index is 2.60. The van der Waals surface area contributed by atoms with Crippen molar-refractivity contribution in [2.24, 2.45) is 5.73 Å². The van der Waals surface area contributed by atoms with Crippen molar-refractivity contribution in [1.82, 2.24) is 9.55 Å². The average molecular weight is 324 g/mol. The van der Waals surface area contributed by atoms with Crippen LogP contribution in [0.15, 0.2) is 35.1 Å². The van der Waals surface area contributed by atoms with E-state index in [4.69, 9.17) is 18.0 Å². The lowest BCUT2D eigenvalue weighted by molar-refractivity contribution is 0.808. The summed E-state index contributed by atoms with van der Waals surface area (Å²) in [5.41, 5.74) is 7.63. The van der Waals surface area contributed by atoms with Gasteiger partial charge in [0.1, 0.15) is 10.8 Å². The van der Waals surface area contributed by atoms with E-state index in [9.17, 15) is 0 Å². The maximum absolute atomic E-state index is 5.81. The Morgan fingerprint density at radius 1 is 1.50 bits per heavy atom. The second-order valence-corrected chi connectivity index (χ2v) is 5.26. The summed E-state index contributed by atoms with van der Waals surface area (Å²) in [5.74, 6) is 1.02. The van der Waals surface area contributed by atoms with Crippen molar-refractivity contribution in [2.75, 3.05) is 0 Å². The lowest BCUT2D eigenvalue weighted by Gasteiger charge is -2.13. The molecular weight excluding hydrogens is 310 g/mol. The fraction of sp³-hybridized carbons (Fsp3) is 0.231. The maximum atomic E-state index is 5.81. The number of nitrogens with two attached hydrogens (primary N) is 1. The molecule has 94 valence electrons. The lowest BCUT2D eigenvalue weighted by atomic mass is 10.1. The molecule has 0 spiro atoms. The Labute approximate surface area is 120 Å². The molecule has 2 aromatic rings. The van der Waals surface area contributed by atoms with Crippen LogP contribution in [0.2, 0.25) is 0 Å². The molecule has 1 aromatic carbocycles. The van der Waals surface area contributed by atoms with Gasteiger partial charge in [0.05, 0.1) is 5.69 Å². The van der Waals surface area contributed by atoms with Crippen LogP contribution in [0.1, 0.15) is 24.7 Å². The zero-order valence-electron chi connectivity index (χ0n) is 10.1. The highest BCUT2D eigenvalue weighted by Crippen LogP contribution is 2.24. The summed E-state index contributed by atoms with van der Waals surface area (Å²) >= 11 is 8.63. The molecular formula is C13H14BrN3S. The van der Waals surface area contributed by atoms with Crippen LogP contribution in [0.3, 0.4) is 0 Å². The first kappa shape index (κ1) is 13.2. The molecule has 1 heterocycles. The predicted octanol–water partition coefficient (Wildman–Crippen LogP) is 3.22. The first-order chi connectivity index (χ1) is 8.65. The largest absolute Gasteiger partial charge is 0.389 e. The number of hydrogen-bond donors (Lipinski definition) is 1. The van der Waals surface area contributed by atoms with Gasteiger partial charge in [0.25, 0.3) is 0 Å². The minimum Gasteiger partial charge on any atom is -0.389 e. The standard InChI is InChI=1S/C13H14BrN3S/c1-2-4-11-16-7-8-17(11)10-6-3-5-9(14)12(10)13(15)18/h3,5-8H,2,4H2,1H3,(H2,15,18). The first-order valence-corrected chi connectivity index (χ1v) is 6.96. The van der Waals surface area contributed by atoms with E-state index in [1.54, 1.807) is 6.20 Å². The number of hydrogen-bond acceptors (Lipinski definition) is 2. The van der Waals surface area contributed by atoms with E-state index in [1.165, 1.54) is 0 Å². The number of aromatic nitrogens is 2. The van der Waals surface area contributed by atoms with E-state index >= 15 is 0 Å². The summed E-state index contributed by atoms with van der Waals surface area (Å²) in [6.07, 6.45) is 5.72. The molecule has 0 aliphatic heterocycles. The maximum Gasteiger partial charge on any atom is 0.113 e. The van der Waals surface area contributed by atoms with Crippen molar-refractivity contribution >= 4 is 33.1 Å². The molecule has 0 atom stereocenters. The predicted molar refractivity (Wildman–Crippen MR) is 81.1 cm³/mol. The number of benzene rings is 1. The molecule has 18 heavy (non-hydrogen) atoms. The summed E-state index contributed by atoms with van der Waals surface area (Å²) in [6, 6.07) is 5.91. The van der Waals surface area contributed by atoms with Crippen LogP contribution in [0.4, 0.5) is 0 Å². The summed E-state index contributed by atoms with van der Waals surface area (Å²) in [6.45, 7) is 2.13. The summed E-state index contributed by atoms with van der Waals surface area (Å²) < 4.78 is 2.95. The van der Waals surface area contributed by atoms with Crippen molar-refractivity contribution in [3.63, 3.8) is 0 Å². The van der Waals surface area contributed by atoms with Gasteiger partial charge >= 0.3 is 0 Å². The van der Waals surface area contributed by atoms with E-state index < -0.39 is 0 Å². The van der Waals surface area contributed by atoms with Crippen molar-refractivity contribution in [3.05, 3.63) is 46.5 Å². The summed E-state index contributed by atoms with van der Waals surface area (Å²) in [7, 11) is 0. The van der Waals surface area contributed by atoms with Gasteiger partial charge in [-0.25, -0.2) is 4.98 Å². The number of rotatable bonds is 4. The van der Waals surface area contributed by atoms with Gasteiger partial charge in [0.2, 0.25) is 0 Å². The van der Waals surface area contributed by atoms with Crippen LogP contribution >= 0.6 is 28.1 Å². The van der Waals surface area contributed by atoms with Crippen LogP contribution in [-0.4, -0.2) is 14.5 Å². The summed E-state index contributed by atoms with van der Waals surface area (Å²) in [4.78, 5) is 4.76. The van der Waals surface area contributed by atoms with Crippen molar-refractivity contribution in [1.29, 1.82) is 0 Å². The molecule has 0 fully saturated rings. The number of aryl methyl sites for hydroxylation is 1. The molecule has 5 heteroatoms. The van der Waals surface area contributed by atoms with Crippen molar-refractivity contribution in [2.45, 2.75) is 19.8 Å². The topological polar surface area (TPSA) is 43.8 Å². The third-order valence-electron chi connectivity index (χ3n) is 2.69. The Kier molecular flexibility index (Phi) is 4.14. The molecule has 0 bridgehead atoms. The second-order valence-electron chi connectivity index (χ2n) is 3.96. The Hall–Kier alpha value is -1.20. The number of thiocarbonyl (C=S) groups is 1. The molecule has 0 amide bonds. The molecule has 1 aromatic heterocycles. The second kappa shape index (κ2) is 5.63. The molecule has 0 aliphatic rings. The minimum atomic E-state index is 0.383. The zero-order valence-corrected chi connectivity index (χ0v) is 12.5. The third-order valence-corrected chi connectivity index (χ3v) is 3.55. The highest BCUT2D eigenvalue weighted by Gasteiger charge is 2.13. The van der Waals surface area contributed by atoms with Crippen LogP contribution in [0.25, 0.3) is 5.69 Å². The van der Waals surface area contributed by atoms with Gasteiger partial charge in [-0.15, -0.1) is 0 Å². The Morgan fingerprint density at radius 2 is 2.28 bits per heavy atom. The normalized spacial score (nSPS) is 10.6. The molecule has 2 rings (SSSR count). The average Bonchev–Trinajstić information content (AvgIpc) is 2.76. The van der Waals surface area contributed by atoms with Gasteiger partial charge in [0.15, 0.2) is 0 Å². The van der Waals surface area contributed by atoms with Crippen LogP contribution < -0.4 is 5.73 Å². The molecule has 0 radical (unpaired) electrons. The van der Waals surface area contributed by atoms with Gasteiger partial charge < -0.3 is 10.3 Å². The van der Waals surface area contributed by atoms with Crippen LogP contribution in [0.5, 0.6) is 0 Å². The monoisotopic (exact) mass is 323 g/mol. The van der Waals surface area contributed by atoms with E-state index in [0.29, 0.717) is 4.99 Å². The van der Waals surface area contributed by atoms with Gasteiger partial charge in [-0.1, -0.05) is 25.2 Å². The highest BCUT2D eigenvalue weighted by atomic mass is 79.9. The van der Waals surface area contributed by atoms with Crippen LogP contribution in [0, 0.1) is 0 Å². The fourth-order valence-electron chi connectivity index (χ4n) is 1.92.